The summed E-state index contributed by atoms with van der Waals surface area (Å²) in [7, 11) is 0. The molecule has 3 aliphatic rings. The Kier molecular flexibility index (Phi) is 5.99. The number of benzene rings is 1. The molecule has 6 nitrogen and oxygen atoms in total. The number of ether oxygens (including phenoxy) is 2. The fourth-order valence-electron chi connectivity index (χ4n) is 4.76. The van der Waals surface area contributed by atoms with Crippen LogP contribution in [0.3, 0.4) is 0 Å². The third-order valence-corrected chi connectivity index (χ3v) is 6.39. The van der Waals surface area contributed by atoms with Crippen molar-refractivity contribution in [3.63, 3.8) is 0 Å². The van der Waals surface area contributed by atoms with E-state index in [0.717, 1.165) is 36.8 Å². The van der Waals surface area contributed by atoms with E-state index >= 15 is 0 Å². The van der Waals surface area contributed by atoms with Gasteiger partial charge in [0.25, 0.3) is 0 Å². The molecule has 3 heterocycles. The largest absolute Gasteiger partial charge is 0.444 e. The zero-order valence-electron chi connectivity index (χ0n) is 18.1. The summed E-state index contributed by atoms with van der Waals surface area (Å²) in [5, 5.41) is 0.684. The van der Waals surface area contributed by atoms with E-state index in [2.05, 4.69) is 0 Å². The summed E-state index contributed by atoms with van der Waals surface area (Å²) in [6, 6.07) is 3.91. The third-order valence-electron chi connectivity index (χ3n) is 6.17. The van der Waals surface area contributed by atoms with Gasteiger partial charge in [-0.3, -0.25) is 4.79 Å². The van der Waals surface area contributed by atoms with Crippen molar-refractivity contribution in [3.05, 3.63) is 33.8 Å². The zero-order chi connectivity index (χ0) is 21.5. The van der Waals surface area contributed by atoms with E-state index in [1.165, 1.54) is 5.56 Å². The fraction of sp³-hybridized carbons (Fsp3) is 0.652. The molecule has 2 saturated heterocycles. The molecule has 3 aliphatic heterocycles. The van der Waals surface area contributed by atoms with E-state index in [1.54, 1.807) is 0 Å². The second kappa shape index (κ2) is 8.39. The first-order valence-corrected chi connectivity index (χ1v) is 11.3. The van der Waals surface area contributed by atoms with Crippen LogP contribution in [0, 0.1) is 5.92 Å². The van der Waals surface area contributed by atoms with Crippen LogP contribution in [0.15, 0.2) is 12.1 Å². The topological polar surface area (TPSA) is 59.1 Å². The Balaban J connectivity index is 1.61. The molecule has 164 valence electrons. The van der Waals surface area contributed by atoms with Crippen molar-refractivity contribution in [2.24, 2.45) is 5.92 Å². The first kappa shape index (κ1) is 21.4. The second-order valence-electron chi connectivity index (χ2n) is 9.53. The summed E-state index contributed by atoms with van der Waals surface area (Å²) in [6.07, 6.45) is 3.08. The van der Waals surface area contributed by atoms with Gasteiger partial charge in [-0.25, -0.2) is 4.79 Å². The van der Waals surface area contributed by atoms with E-state index in [9.17, 15) is 9.59 Å². The Hall–Kier alpha value is -1.79. The molecule has 0 aromatic heterocycles. The van der Waals surface area contributed by atoms with Gasteiger partial charge in [0.05, 0.1) is 18.6 Å². The average molecular weight is 435 g/mol. The van der Waals surface area contributed by atoms with E-state index in [4.69, 9.17) is 21.1 Å². The highest BCUT2D eigenvalue weighted by atomic mass is 35.5. The maximum Gasteiger partial charge on any atom is 0.410 e. The molecular weight excluding hydrogens is 404 g/mol. The van der Waals surface area contributed by atoms with Crippen LogP contribution in [0.25, 0.3) is 0 Å². The lowest BCUT2D eigenvalue weighted by Crippen LogP contribution is -2.41. The number of halogens is 1. The van der Waals surface area contributed by atoms with Crippen LogP contribution in [0.4, 0.5) is 4.79 Å². The molecule has 0 aliphatic carbocycles. The van der Waals surface area contributed by atoms with Crippen molar-refractivity contribution in [2.75, 3.05) is 26.3 Å². The molecule has 2 atom stereocenters. The Labute approximate surface area is 183 Å². The molecule has 0 spiro atoms. The summed E-state index contributed by atoms with van der Waals surface area (Å²) < 4.78 is 11.1. The molecule has 1 unspecified atom stereocenters. The molecule has 0 bridgehead atoms. The summed E-state index contributed by atoms with van der Waals surface area (Å²) in [6.45, 7) is 8.76. The molecule has 4 rings (SSSR count). The lowest BCUT2D eigenvalue weighted by molar-refractivity contribution is -0.136. The van der Waals surface area contributed by atoms with Gasteiger partial charge < -0.3 is 19.3 Å². The molecule has 0 N–H and O–H groups in total. The number of likely N-dealkylation sites (tertiary alicyclic amines) is 1. The number of hydrogen-bond acceptors (Lipinski definition) is 4. The first-order chi connectivity index (χ1) is 14.2. The molecule has 0 radical (unpaired) electrons. The highest BCUT2D eigenvalue weighted by Crippen LogP contribution is 2.39. The fourth-order valence-corrected chi connectivity index (χ4v) is 5.01. The Morgan fingerprint density at radius 1 is 1.20 bits per heavy atom. The summed E-state index contributed by atoms with van der Waals surface area (Å²) in [5.41, 5.74) is 2.84. The van der Waals surface area contributed by atoms with Gasteiger partial charge in [0.1, 0.15) is 5.60 Å². The number of carbonyl (C=O) groups is 2. The van der Waals surface area contributed by atoms with Crippen LogP contribution in [0.5, 0.6) is 0 Å². The van der Waals surface area contributed by atoms with Gasteiger partial charge in [0, 0.05) is 31.3 Å². The lowest BCUT2D eigenvalue weighted by atomic mass is 9.89. The number of nitrogens with zero attached hydrogens (tertiary/aromatic N) is 2. The van der Waals surface area contributed by atoms with Gasteiger partial charge in [-0.05, 0) is 75.3 Å². The first-order valence-electron chi connectivity index (χ1n) is 10.9. The monoisotopic (exact) mass is 434 g/mol. The Bertz CT molecular complexity index is 829. The second-order valence-corrected chi connectivity index (χ2v) is 9.97. The minimum atomic E-state index is -0.537. The van der Waals surface area contributed by atoms with Crippen LogP contribution in [-0.2, 0) is 27.2 Å². The maximum atomic E-state index is 13.0. The van der Waals surface area contributed by atoms with E-state index < -0.39 is 5.60 Å². The number of carbonyl (C=O) groups excluding carboxylic acids is 2. The summed E-state index contributed by atoms with van der Waals surface area (Å²) in [4.78, 5) is 29.6. The van der Waals surface area contributed by atoms with Crippen molar-refractivity contribution in [2.45, 2.75) is 64.6 Å². The SMILES string of the molecule is CC(C)(C)OC(=O)N1CCCC1c1cc(Cl)cc2c1CN(C(=O)[C@@H]1CCOC1)CC2. The molecule has 30 heavy (non-hydrogen) atoms. The van der Waals surface area contributed by atoms with Gasteiger partial charge in [-0.1, -0.05) is 11.6 Å². The summed E-state index contributed by atoms with van der Waals surface area (Å²) in [5.74, 6) is 0.140. The predicted molar refractivity (Wildman–Crippen MR) is 114 cm³/mol. The molecule has 2 amide bonds. The number of rotatable bonds is 2. The number of amides is 2. The number of fused-ring (bicyclic) bond motifs is 1. The minimum Gasteiger partial charge on any atom is -0.444 e. The normalized spacial score (nSPS) is 24.1. The van der Waals surface area contributed by atoms with Crippen LogP contribution in [-0.4, -0.2) is 53.7 Å². The molecule has 7 heteroatoms. The zero-order valence-corrected chi connectivity index (χ0v) is 18.8. The smallest absolute Gasteiger partial charge is 0.410 e. The quantitative estimate of drug-likeness (QED) is 0.695. The maximum absolute atomic E-state index is 13.0. The van der Waals surface area contributed by atoms with E-state index in [0.29, 0.717) is 37.9 Å². The third kappa shape index (κ3) is 4.45. The van der Waals surface area contributed by atoms with Gasteiger partial charge in [-0.2, -0.15) is 0 Å². The van der Waals surface area contributed by atoms with Crippen LogP contribution >= 0.6 is 11.6 Å². The van der Waals surface area contributed by atoms with Crippen molar-refractivity contribution >= 4 is 23.6 Å². The van der Waals surface area contributed by atoms with Crippen molar-refractivity contribution in [3.8, 4) is 0 Å². The number of hydrogen-bond donors (Lipinski definition) is 0. The van der Waals surface area contributed by atoms with Gasteiger partial charge in [0.15, 0.2) is 0 Å². The van der Waals surface area contributed by atoms with Gasteiger partial charge >= 0.3 is 6.09 Å². The van der Waals surface area contributed by atoms with E-state index in [1.807, 2.05) is 42.7 Å². The molecule has 1 aromatic carbocycles. The standard InChI is InChI=1S/C23H31ClN2O4/c1-23(2,3)30-22(28)26-8-4-5-20(26)18-12-17(24)11-15-6-9-25(13-19(15)18)21(27)16-7-10-29-14-16/h11-12,16,20H,4-10,13-14H2,1-3H3/t16-,20?/m1/s1. The summed E-state index contributed by atoms with van der Waals surface area (Å²) >= 11 is 6.46. The van der Waals surface area contributed by atoms with Crippen LogP contribution in [0.1, 0.15) is 62.8 Å². The minimum absolute atomic E-state index is 0.0351. The van der Waals surface area contributed by atoms with Gasteiger partial charge in [-0.15, -0.1) is 0 Å². The molecule has 2 fully saturated rings. The van der Waals surface area contributed by atoms with Crippen molar-refractivity contribution in [1.82, 2.24) is 9.80 Å². The van der Waals surface area contributed by atoms with E-state index in [-0.39, 0.29) is 24.0 Å². The molecular formula is C23H31ClN2O4. The predicted octanol–water partition coefficient (Wildman–Crippen LogP) is 4.33. The molecule has 1 aromatic rings. The average Bonchev–Trinajstić information content (AvgIpc) is 3.37. The highest BCUT2D eigenvalue weighted by molar-refractivity contribution is 6.30. The highest BCUT2D eigenvalue weighted by Gasteiger charge is 2.37. The van der Waals surface area contributed by atoms with Crippen molar-refractivity contribution in [1.29, 1.82) is 0 Å². The molecule has 0 saturated carbocycles. The lowest BCUT2D eigenvalue weighted by Gasteiger charge is -2.35. The van der Waals surface area contributed by atoms with Crippen LogP contribution in [0.2, 0.25) is 5.02 Å². The Morgan fingerprint density at radius 2 is 2.00 bits per heavy atom. The van der Waals surface area contributed by atoms with Crippen molar-refractivity contribution < 1.29 is 19.1 Å². The van der Waals surface area contributed by atoms with Crippen LogP contribution < -0.4 is 0 Å². The Morgan fingerprint density at radius 3 is 2.70 bits per heavy atom. The van der Waals surface area contributed by atoms with Gasteiger partial charge in [0.2, 0.25) is 5.91 Å².